The van der Waals surface area contributed by atoms with Crippen molar-refractivity contribution in [2.45, 2.75) is 0 Å². The quantitative estimate of drug-likeness (QED) is 0.583. The minimum Gasteiger partial charge on any atom is -0.492 e. The first-order valence-corrected chi connectivity index (χ1v) is 8.00. The molecule has 2 amide bonds. The van der Waals surface area contributed by atoms with E-state index in [0.29, 0.717) is 24.4 Å². The SMILES string of the molecule is COC(=O)c1ccccc1NC(=O)NCCOc1ccc(Br)cc1. The van der Waals surface area contributed by atoms with E-state index in [1.165, 1.54) is 7.11 Å². The van der Waals surface area contributed by atoms with Gasteiger partial charge >= 0.3 is 12.0 Å². The molecule has 0 saturated heterocycles. The molecule has 2 N–H and O–H groups in total. The lowest BCUT2D eigenvalue weighted by Crippen LogP contribution is -2.32. The van der Waals surface area contributed by atoms with Gasteiger partial charge in [-0.3, -0.25) is 0 Å². The first-order valence-electron chi connectivity index (χ1n) is 7.20. The van der Waals surface area contributed by atoms with Crippen LogP contribution in [0.3, 0.4) is 0 Å². The average Bonchev–Trinajstić information content (AvgIpc) is 2.60. The van der Waals surface area contributed by atoms with Gasteiger partial charge in [0.2, 0.25) is 0 Å². The Hall–Kier alpha value is -2.54. The zero-order valence-corrected chi connectivity index (χ0v) is 14.6. The van der Waals surface area contributed by atoms with Crippen molar-refractivity contribution in [2.75, 3.05) is 25.6 Å². The van der Waals surface area contributed by atoms with E-state index in [-0.39, 0.29) is 0 Å². The van der Waals surface area contributed by atoms with Gasteiger partial charge in [0.1, 0.15) is 12.4 Å². The summed E-state index contributed by atoms with van der Waals surface area (Å²) in [6, 6.07) is 13.6. The van der Waals surface area contributed by atoms with Crippen LogP contribution in [0.2, 0.25) is 0 Å². The summed E-state index contributed by atoms with van der Waals surface area (Å²) in [6.45, 7) is 0.649. The number of carbonyl (C=O) groups is 2. The smallest absolute Gasteiger partial charge is 0.339 e. The van der Waals surface area contributed by atoms with Crippen LogP contribution in [0.25, 0.3) is 0 Å². The van der Waals surface area contributed by atoms with Gasteiger partial charge in [0, 0.05) is 4.47 Å². The number of urea groups is 1. The fourth-order valence-corrected chi connectivity index (χ4v) is 2.18. The van der Waals surface area contributed by atoms with Gasteiger partial charge in [-0.25, -0.2) is 9.59 Å². The number of ether oxygens (including phenoxy) is 2. The summed E-state index contributed by atoms with van der Waals surface area (Å²) in [5, 5.41) is 5.28. The normalized spacial score (nSPS) is 9.92. The molecule has 0 aliphatic heterocycles. The Morgan fingerprint density at radius 1 is 1.08 bits per heavy atom. The van der Waals surface area contributed by atoms with E-state index >= 15 is 0 Å². The van der Waals surface area contributed by atoms with Crippen molar-refractivity contribution in [3.63, 3.8) is 0 Å². The third-order valence-corrected chi connectivity index (χ3v) is 3.58. The third-order valence-electron chi connectivity index (χ3n) is 3.05. The van der Waals surface area contributed by atoms with Crippen LogP contribution in [-0.4, -0.2) is 32.3 Å². The van der Waals surface area contributed by atoms with E-state index in [9.17, 15) is 9.59 Å². The van der Waals surface area contributed by atoms with Crippen LogP contribution in [0.15, 0.2) is 53.0 Å². The molecule has 0 aromatic heterocycles. The van der Waals surface area contributed by atoms with E-state index in [1.54, 1.807) is 24.3 Å². The predicted molar refractivity (Wildman–Crippen MR) is 94.4 cm³/mol. The second kappa shape index (κ2) is 8.93. The maximum Gasteiger partial charge on any atom is 0.339 e. The van der Waals surface area contributed by atoms with E-state index in [4.69, 9.17) is 4.74 Å². The minimum absolute atomic E-state index is 0.293. The maximum absolute atomic E-state index is 11.9. The molecule has 0 fully saturated rings. The van der Waals surface area contributed by atoms with Gasteiger partial charge in [0.15, 0.2) is 0 Å². The molecule has 0 heterocycles. The van der Waals surface area contributed by atoms with Crippen molar-refractivity contribution in [2.24, 2.45) is 0 Å². The number of para-hydroxylation sites is 1. The zero-order valence-electron chi connectivity index (χ0n) is 13.0. The van der Waals surface area contributed by atoms with Crippen LogP contribution >= 0.6 is 15.9 Å². The van der Waals surface area contributed by atoms with Gasteiger partial charge in [0.05, 0.1) is 24.9 Å². The maximum atomic E-state index is 11.9. The average molecular weight is 393 g/mol. The number of methoxy groups -OCH3 is 1. The second-order valence-electron chi connectivity index (χ2n) is 4.72. The molecule has 126 valence electrons. The standard InChI is InChI=1S/C17H17BrN2O4/c1-23-16(21)14-4-2-3-5-15(14)20-17(22)19-10-11-24-13-8-6-12(18)7-9-13/h2-9H,10-11H2,1H3,(H2,19,20,22). The van der Waals surface area contributed by atoms with Crippen LogP contribution in [0.4, 0.5) is 10.5 Å². The van der Waals surface area contributed by atoms with Crippen molar-refractivity contribution in [1.29, 1.82) is 0 Å². The largest absolute Gasteiger partial charge is 0.492 e. The number of hydrogen-bond acceptors (Lipinski definition) is 4. The van der Waals surface area contributed by atoms with Crippen LogP contribution in [0, 0.1) is 0 Å². The number of benzene rings is 2. The number of halogens is 1. The molecule has 0 bridgehead atoms. The summed E-state index contributed by atoms with van der Waals surface area (Å²) < 4.78 is 11.2. The highest BCUT2D eigenvalue weighted by Gasteiger charge is 2.12. The van der Waals surface area contributed by atoms with Crippen LogP contribution in [0.1, 0.15) is 10.4 Å². The van der Waals surface area contributed by atoms with Crippen molar-refractivity contribution >= 4 is 33.6 Å². The van der Waals surface area contributed by atoms with E-state index in [2.05, 4.69) is 31.3 Å². The molecule has 6 nitrogen and oxygen atoms in total. The highest BCUT2D eigenvalue weighted by atomic mass is 79.9. The summed E-state index contributed by atoms with van der Waals surface area (Å²) >= 11 is 3.35. The van der Waals surface area contributed by atoms with Crippen LogP contribution in [-0.2, 0) is 4.74 Å². The molecule has 0 aliphatic carbocycles. The number of nitrogens with one attached hydrogen (secondary N) is 2. The Bertz CT molecular complexity index is 704. The molecule has 7 heteroatoms. The second-order valence-corrected chi connectivity index (χ2v) is 5.64. The molecule has 0 saturated carbocycles. The van der Waals surface area contributed by atoms with Gasteiger partial charge in [-0.05, 0) is 36.4 Å². The first-order chi connectivity index (χ1) is 11.6. The Labute approximate surface area is 148 Å². The third kappa shape index (κ3) is 5.27. The Morgan fingerprint density at radius 3 is 2.50 bits per heavy atom. The monoisotopic (exact) mass is 392 g/mol. The summed E-state index contributed by atoms with van der Waals surface area (Å²) in [7, 11) is 1.29. The van der Waals surface area contributed by atoms with Gasteiger partial charge in [-0.15, -0.1) is 0 Å². The molecule has 24 heavy (non-hydrogen) atoms. The number of rotatable bonds is 6. The Balaban J connectivity index is 1.79. The van der Waals surface area contributed by atoms with Crippen LogP contribution in [0.5, 0.6) is 5.75 Å². The van der Waals surface area contributed by atoms with Crippen molar-refractivity contribution in [3.8, 4) is 5.75 Å². The summed E-state index contributed by atoms with van der Waals surface area (Å²) in [5.74, 6) is 0.209. The number of esters is 1. The summed E-state index contributed by atoms with van der Waals surface area (Å²) in [6.07, 6.45) is 0. The van der Waals surface area contributed by atoms with Crippen molar-refractivity contribution in [1.82, 2.24) is 5.32 Å². The molecule has 0 radical (unpaired) electrons. The lowest BCUT2D eigenvalue weighted by molar-refractivity contribution is 0.0602. The fourth-order valence-electron chi connectivity index (χ4n) is 1.91. The van der Waals surface area contributed by atoms with Gasteiger partial charge in [-0.2, -0.15) is 0 Å². The van der Waals surface area contributed by atoms with Gasteiger partial charge < -0.3 is 20.1 Å². The van der Waals surface area contributed by atoms with Crippen molar-refractivity contribution in [3.05, 3.63) is 58.6 Å². The predicted octanol–water partition coefficient (Wildman–Crippen LogP) is 3.44. The molecule has 2 rings (SSSR count). The lowest BCUT2D eigenvalue weighted by Gasteiger charge is -2.11. The number of amides is 2. The Morgan fingerprint density at radius 2 is 1.79 bits per heavy atom. The fraction of sp³-hybridized carbons (Fsp3) is 0.176. The number of anilines is 1. The molecular weight excluding hydrogens is 376 g/mol. The summed E-state index contributed by atoms with van der Waals surface area (Å²) in [4.78, 5) is 23.5. The molecular formula is C17H17BrN2O4. The first kappa shape index (κ1) is 17.8. The lowest BCUT2D eigenvalue weighted by atomic mass is 10.2. The molecule has 2 aromatic rings. The molecule has 2 aromatic carbocycles. The highest BCUT2D eigenvalue weighted by molar-refractivity contribution is 9.10. The minimum atomic E-state index is -0.510. The topological polar surface area (TPSA) is 76.7 Å². The van der Waals surface area contributed by atoms with E-state index < -0.39 is 12.0 Å². The summed E-state index contributed by atoms with van der Waals surface area (Å²) in [5.41, 5.74) is 0.678. The van der Waals surface area contributed by atoms with Crippen LogP contribution < -0.4 is 15.4 Å². The van der Waals surface area contributed by atoms with E-state index in [1.807, 2.05) is 24.3 Å². The highest BCUT2D eigenvalue weighted by Crippen LogP contribution is 2.16. The number of carbonyl (C=O) groups excluding carboxylic acids is 2. The van der Waals surface area contributed by atoms with E-state index in [0.717, 1.165) is 10.2 Å². The molecule has 0 unspecified atom stereocenters. The van der Waals surface area contributed by atoms with Gasteiger partial charge in [-0.1, -0.05) is 28.1 Å². The Kier molecular flexibility index (Phi) is 6.62. The zero-order chi connectivity index (χ0) is 17.4. The molecule has 0 aliphatic rings. The number of hydrogen-bond donors (Lipinski definition) is 2. The van der Waals surface area contributed by atoms with Crippen molar-refractivity contribution < 1.29 is 19.1 Å². The van der Waals surface area contributed by atoms with Gasteiger partial charge in [0.25, 0.3) is 0 Å². The molecule has 0 spiro atoms. The molecule has 0 atom stereocenters.